The van der Waals surface area contributed by atoms with Crippen molar-refractivity contribution < 1.29 is 23.9 Å². The van der Waals surface area contributed by atoms with Gasteiger partial charge >= 0.3 is 0 Å². The number of carbonyl (C=O) groups excluding carboxylic acids is 3. The highest BCUT2D eigenvalue weighted by atomic mass is 16.5. The van der Waals surface area contributed by atoms with Crippen LogP contribution in [0.2, 0.25) is 0 Å². The van der Waals surface area contributed by atoms with E-state index in [4.69, 9.17) is 15.2 Å². The molecule has 1 heterocycles. The minimum Gasteiger partial charge on any atom is -0.379 e. The summed E-state index contributed by atoms with van der Waals surface area (Å²) in [5, 5.41) is 3.27. The van der Waals surface area contributed by atoms with E-state index in [0.29, 0.717) is 6.54 Å². The molecule has 9 nitrogen and oxygen atoms in total. The summed E-state index contributed by atoms with van der Waals surface area (Å²) in [7, 11) is 4.98. The summed E-state index contributed by atoms with van der Waals surface area (Å²) < 4.78 is 11.9. The molecule has 0 unspecified atom stereocenters. The monoisotopic (exact) mass is 616 g/mol. The summed E-state index contributed by atoms with van der Waals surface area (Å²) >= 11 is 0. The maximum atomic E-state index is 13.9. The van der Waals surface area contributed by atoms with Gasteiger partial charge in [-0.2, -0.15) is 0 Å². The van der Waals surface area contributed by atoms with Crippen LogP contribution in [0.3, 0.4) is 0 Å². The maximum absolute atomic E-state index is 13.9. The van der Waals surface area contributed by atoms with Crippen LogP contribution in [0.25, 0.3) is 0 Å². The number of carbonyl (C=O) groups is 3. The largest absolute Gasteiger partial charge is 0.379 e. The topological polar surface area (TPSA) is 114 Å². The molecule has 0 bridgehead atoms. The van der Waals surface area contributed by atoms with Crippen LogP contribution in [-0.4, -0.2) is 91.7 Å². The second-order valence-corrected chi connectivity index (χ2v) is 13.4. The van der Waals surface area contributed by atoms with E-state index in [1.54, 1.807) is 26.2 Å². The van der Waals surface area contributed by atoms with Crippen LogP contribution in [0.15, 0.2) is 30.3 Å². The fourth-order valence-corrected chi connectivity index (χ4v) is 6.46. The van der Waals surface area contributed by atoms with Crippen LogP contribution in [0.5, 0.6) is 0 Å². The fraction of sp³-hybridized carbons (Fsp3) is 0.743. The van der Waals surface area contributed by atoms with E-state index in [0.717, 1.165) is 25.7 Å². The summed E-state index contributed by atoms with van der Waals surface area (Å²) in [6.45, 7) is 14.7. The van der Waals surface area contributed by atoms with Gasteiger partial charge in [0.15, 0.2) is 0 Å². The number of methoxy groups -OCH3 is 2. The van der Waals surface area contributed by atoms with Gasteiger partial charge in [0.1, 0.15) is 0 Å². The Hall–Kier alpha value is -2.49. The highest BCUT2D eigenvalue weighted by molar-refractivity contribution is 5.83. The molecule has 3 N–H and O–H groups in total. The highest BCUT2D eigenvalue weighted by Gasteiger charge is 2.42. The molecule has 0 aliphatic carbocycles. The van der Waals surface area contributed by atoms with Crippen molar-refractivity contribution >= 4 is 17.7 Å². The minimum absolute atomic E-state index is 0.00478. The number of benzene rings is 1. The van der Waals surface area contributed by atoms with Crippen LogP contribution in [0.1, 0.15) is 79.7 Å². The van der Waals surface area contributed by atoms with Crippen molar-refractivity contribution in [3.05, 3.63) is 35.9 Å². The second kappa shape index (κ2) is 17.9. The molecule has 1 aromatic rings. The third-order valence-electron chi connectivity index (χ3n) is 9.69. The number of hydrogen-bond donors (Lipinski definition) is 2. The second-order valence-electron chi connectivity index (χ2n) is 13.4. The van der Waals surface area contributed by atoms with Crippen LogP contribution in [-0.2, 0) is 30.3 Å². The van der Waals surface area contributed by atoms with Gasteiger partial charge in [0.2, 0.25) is 17.7 Å². The Labute approximate surface area is 266 Å². The van der Waals surface area contributed by atoms with Crippen molar-refractivity contribution in [2.45, 2.75) is 117 Å². The Morgan fingerprint density at radius 2 is 1.66 bits per heavy atom. The van der Waals surface area contributed by atoms with Gasteiger partial charge in [0, 0.05) is 33.9 Å². The summed E-state index contributed by atoms with van der Waals surface area (Å²) in [5.74, 6) is -0.390. The fourth-order valence-electron chi connectivity index (χ4n) is 6.46. The van der Waals surface area contributed by atoms with E-state index < -0.39 is 24.2 Å². The first-order chi connectivity index (χ1) is 20.8. The summed E-state index contributed by atoms with van der Waals surface area (Å²) in [6, 6.07) is 8.99. The van der Waals surface area contributed by atoms with Crippen LogP contribution < -0.4 is 11.1 Å². The van der Waals surface area contributed by atoms with E-state index in [9.17, 15) is 14.4 Å². The van der Waals surface area contributed by atoms with Crippen molar-refractivity contribution in [3.8, 4) is 0 Å². The van der Waals surface area contributed by atoms with E-state index in [2.05, 4.69) is 45.1 Å². The normalized spacial score (nSPS) is 20.1. The Morgan fingerprint density at radius 3 is 2.18 bits per heavy atom. The lowest BCUT2D eigenvalue weighted by Gasteiger charge is -2.40. The molecule has 0 saturated carbocycles. The van der Waals surface area contributed by atoms with Gasteiger partial charge in [0.05, 0.1) is 42.7 Å². The first kappa shape index (κ1) is 37.7. The summed E-state index contributed by atoms with van der Waals surface area (Å²) in [4.78, 5) is 44.3. The Kier molecular flexibility index (Phi) is 15.3. The van der Waals surface area contributed by atoms with Crippen molar-refractivity contribution in [1.29, 1.82) is 0 Å². The number of likely N-dealkylation sites (N-methyl/N-ethyl adjacent to an activating group) is 1. The number of amides is 3. The van der Waals surface area contributed by atoms with E-state index >= 15 is 0 Å². The number of nitrogens with two attached hydrogens (primary N) is 1. The number of ether oxygens (including phenoxy) is 2. The molecule has 0 aromatic heterocycles. The molecule has 3 amide bonds. The molecule has 44 heavy (non-hydrogen) atoms. The molecule has 1 aliphatic rings. The third kappa shape index (κ3) is 9.75. The first-order valence-corrected chi connectivity index (χ1v) is 16.5. The predicted octanol–water partition coefficient (Wildman–Crippen LogP) is 4.27. The van der Waals surface area contributed by atoms with Gasteiger partial charge < -0.3 is 30.3 Å². The van der Waals surface area contributed by atoms with Crippen LogP contribution in [0, 0.1) is 23.7 Å². The number of hydrogen-bond acceptors (Lipinski definition) is 6. The SMILES string of the molecule is CC[C@H](C)[C@@H]([C@@H](CC(=O)N1CCC[C@H]1[C@H](OC)[C@@H](C)C(=O)N[C@@H](Cc1ccccc1)C(C)C)OC)N(C)C(=O)[C@@H](N)C(C)C. The molecule has 2 rings (SSSR count). The summed E-state index contributed by atoms with van der Waals surface area (Å²) in [5.41, 5.74) is 7.41. The minimum atomic E-state index is -0.624. The number of nitrogens with zero attached hydrogens (tertiary/aromatic N) is 2. The quantitative estimate of drug-likeness (QED) is 0.270. The zero-order valence-corrected chi connectivity index (χ0v) is 28.9. The van der Waals surface area contributed by atoms with Crippen LogP contribution in [0.4, 0.5) is 0 Å². The molecule has 1 fully saturated rings. The Bertz CT molecular complexity index is 1040. The van der Waals surface area contributed by atoms with Crippen molar-refractivity contribution in [2.24, 2.45) is 29.4 Å². The molecular formula is C35H60N4O5. The average molecular weight is 617 g/mol. The Morgan fingerprint density at radius 1 is 1.02 bits per heavy atom. The van der Waals surface area contributed by atoms with Gasteiger partial charge in [-0.25, -0.2) is 0 Å². The smallest absolute Gasteiger partial charge is 0.239 e. The molecule has 1 saturated heterocycles. The van der Waals surface area contributed by atoms with Gasteiger partial charge in [-0.15, -0.1) is 0 Å². The molecule has 0 radical (unpaired) electrons. The van der Waals surface area contributed by atoms with Gasteiger partial charge in [-0.1, -0.05) is 85.2 Å². The standard InChI is InChI=1S/C35H60N4O5/c1-11-24(6)32(38(8)35(42)31(36)23(4)5)29(43-9)21-30(40)39-19-15-18-28(39)33(44-10)25(7)34(41)37-27(22(2)3)20-26-16-13-12-14-17-26/h12-14,16-17,22-25,27-29,31-33H,11,15,18-21,36H2,1-10H3,(H,37,41)/t24-,25+,27-,28-,29+,31-,32-,33+/m0/s1. The first-order valence-electron chi connectivity index (χ1n) is 16.5. The van der Waals surface area contributed by atoms with Gasteiger partial charge in [-0.3, -0.25) is 14.4 Å². The van der Waals surface area contributed by atoms with Crippen molar-refractivity contribution in [3.63, 3.8) is 0 Å². The zero-order valence-electron chi connectivity index (χ0n) is 28.9. The van der Waals surface area contributed by atoms with Gasteiger partial charge in [0.25, 0.3) is 0 Å². The predicted molar refractivity (Wildman–Crippen MR) is 176 cm³/mol. The average Bonchev–Trinajstić information content (AvgIpc) is 3.49. The lowest BCUT2D eigenvalue weighted by Crippen LogP contribution is -2.56. The molecule has 1 aliphatic heterocycles. The highest BCUT2D eigenvalue weighted by Crippen LogP contribution is 2.29. The lowest BCUT2D eigenvalue weighted by atomic mass is 9.89. The number of nitrogens with one attached hydrogen (secondary N) is 1. The maximum Gasteiger partial charge on any atom is 0.239 e. The molecule has 1 aromatic carbocycles. The van der Waals surface area contributed by atoms with Crippen molar-refractivity contribution in [1.82, 2.24) is 15.1 Å². The lowest BCUT2D eigenvalue weighted by molar-refractivity contribution is -0.146. The van der Waals surface area contributed by atoms with Crippen molar-refractivity contribution in [2.75, 3.05) is 27.8 Å². The Balaban J connectivity index is 2.19. The van der Waals surface area contributed by atoms with Crippen LogP contribution >= 0.6 is 0 Å². The molecular weight excluding hydrogens is 556 g/mol. The van der Waals surface area contributed by atoms with E-state index in [-0.39, 0.29) is 60.0 Å². The van der Waals surface area contributed by atoms with E-state index in [1.165, 1.54) is 5.56 Å². The van der Waals surface area contributed by atoms with Gasteiger partial charge in [-0.05, 0) is 42.6 Å². The molecule has 250 valence electrons. The third-order valence-corrected chi connectivity index (χ3v) is 9.69. The summed E-state index contributed by atoms with van der Waals surface area (Å²) in [6.07, 6.45) is 2.33. The molecule has 0 spiro atoms. The van der Waals surface area contributed by atoms with E-state index in [1.807, 2.05) is 43.9 Å². The number of rotatable bonds is 17. The molecule has 9 heteroatoms. The number of likely N-dealkylation sites (tertiary alicyclic amines) is 1. The molecule has 8 atom stereocenters. The zero-order chi connectivity index (χ0) is 33.1.